The Morgan fingerprint density at radius 1 is 0.957 bits per heavy atom. The highest BCUT2D eigenvalue weighted by molar-refractivity contribution is 5.75. The fraction of sp³-hybridized carbons (Fsp3) is 0.811. The minimum absolute atomic E-state index is 0.167. The molecule has 5 rings (SSSR count). The number of carbonyl (C=O) groups is 2. The highest BCUT2D eigenvalue weighted by atomic mass is 16.7. The molecule has 18 atom stereocenters. The first kappa shape index (κ1) is 58.0. The predicted molar refractivity (Wildman–Crippen MR) is 265 cm³/mol. The number of ketones is 1. The molecule has 1 aromatic carbocycles. The molecule has 0 spiro atoms. The van der Waals surface area contributed by atoms with Crippen LogP contribution in [0.4, 0.5) is 0 Å². The molecule has 1 unspecified atom stereocenters. The molecule has 4 heterocycles. The molecular weight excluding hydrogens is 899 g/mol. The number of aryl methyl sites for hydroxylation is 1. The Kier molecular flexibility index (Phi) is 20.2. The quantitative estimate of drug-likeness (QED) is 0.115. The molecule has 0 bridgehead atoms. The fourth-order valence-corrected chi connectivity index (χ4v) is 11.8. The lowest BCUT2D eigenvalue weighted by molar-refractivity contribution is -0.303. The Balaban J connectivity index is 1.44. The van der Waals surface area contributed by atoms with Crippen molar-refractivity contribution in [1.29, 1.82) is 0 Å². The van der Waals surface area contributed by atoms with E-state index in [-0.39, 0.29) is 37.1 Å². The molecule has 3 saturated heterocycles. The van der Waals surface area contributed by atoms with Gasteiger partial charge in [0.2, 0.25) is 0 Å². The molecule has 3 aliphatic heterocycles. The van der Waals surface area contributed by atoms with Gasteiger partial charge in [0.05, 0.1) is 47.7 Å². The maximum atomic E-state index is 14.6. The van der Waals surface area contributed by atoms with Gasteiger partial charge >= 0.3 is 5.97 Å². The van der Waals surface area contributed by atoms with Crippen LogP contribution in [0.2, 0.25) is 0 Å². The topological polar surface area (TPSA) is 219 Å². The van der Waals surface area contributed by atoms with Crippen LogP contribution in [0.5, 0.6) is 0 Å². The molecule has 2 aromatic rings. The molecule has 0 aliphatic carbocycles. The number of methoxy groups -OCH3 is 1. The molecule has 398 valence electrons. The Hall–Kier alpha value is -2.94. The second kappa shape index (κ2) is 24.4. The van der Waals surface area contributed by atoms with Crippen LogP contribution in [-0.4, -0.2) is 174 Å². The van der Waals surface area contributed by atoms with Gasteiger partial charge in [-0.1, -0.05) is 63.6 Å². The summed E-state index contributed by atoms with van der Waals surface area (Å²) in [5, 5.41) is 68.8. The van der Waals surface area contributed by atoms with Crippen molar-refractivity contribution in [2.75, 3.05) is 27.7 Å². The Bertz CT molecular complexity index is 1970. The highest BCUT2D eigenvalue weighted by Gasteiger charge is 2.55. The summed E-state index contributed by atoms with van der Waals surface area (Å²) in [7, 11) is 5.35. The molecule has 70 heavy (non-hydrogen) atoms. The van der Waals surface area contributed by atoms with Gasteiger partial charge in [0.1, 0.15) is 41.5 Å². The lowest BCUT2D eigenvalue weighted by Crippen LogP contribution is -2.62. The lowest BCUT2D eigenvalue weighted by Gasteiger charge is -2.51. The predicted octanol–water partition coefficient (Wildman–Crippen LogP) is 5.15. The number of esters is 1. The van der Waals surface area contributed by atoms with Gasteiger partial charge in [-0.2, -0.15) is 0 Å². The maximum Gasteiger partial charge on any atom is 0.309 e. The number of aliphatic hydroxyl groups excluding tert-OH is 3. The van der Waals surface area contributed by atoms with Gasteiger partial charge in [-0.15, -0.1) is 5.10 Å². The monoisotopic (exact) mass is 988 g/mol. The number of aromatic nitrogens is 3. The summed E-state index contributed by atoms with van der Waals surface area (Å²) in [6, 6.07) is 7.17. The first-order valence-corrected chi connectivity index (χ1v) is 25.8. The molecule has 5 N–H and O–H groups in total. The lowest BCUT2D eigenvalue weighted by atomic mass is 9.68. The molecule has 3 fully saturated rings. The van der Waals surface area contributed by atoms with Gasteiger partial charge in [0, 0.05) is 63.2 Å². The zero-order valence-corrected chi connectivity index (χ0v) is 44.7. The van der Waals surface area contributed by atoms with E-state index in [4.69, 9.17) is 23.7 Å². The summed E-state index contributed by atoms with van der Waals surface area (Å²) in [5.74, 6) is -2.90. The average Bonchev–Trinajstić information content (AvgIpc) is 3.77. The van der Waals surface area contributed by atoms with E-state index in [1.165, 1.54) is 14.0 Å². The van der Waals surface area contributed by atoms with Gasteiger partial charge < -0.3 is 58.9 Å². The van der Waals surface area contributed by atoms with Crippen molar-refractivity contribution >= 4 is 11.8 Å². The summed E-state index contributed by atoms with van der Waals surface area (Å²) in [6.07, 6.45) is -1.99. The third kappa shape index (κ3) is 13.8. The average molecular weight is 988 g/mol. The highest BCUT2D eigenvalue weighted by Crippen LogP contribution is 2.45. The van der Waals surface area contributed by atoms with Crippen molar-refractivity contribution in [2.45, 2.75) is 225 Å². The first-order valence-electron chi connectivity index (χ1n) is 25.8. The zero-order valence-electron chi connectivity index (χ0n) is 44.7. The van der Waals surface area contributed by atoms with Gasteiger partial charge in [-0.3, -0.25) is 14.4 Å². The number of rotatable bonds is 15. The van der Waals surface area contributed by atoms with Gasteiger partial charge in [0.15, 0.2) is 6.29 Å². The smallest absolute Gasteiger partial charge is 0.309 e. The summed E-state index contributed by atoms with van der Waals surface area (Å²) in [5.41, 5.74) is -1.71. The van der Waals surface area contributed by atoms with Gasteiger partial charge in [0.25, 0.3) is 0 Å². The van der Waals surface area contributed by atoms with Crippen LogP contribution in [0.3, 0.4) is 0 Å². The number of ether oxygens (including phenoxy) is 5. The number of hydrogen-bond donors (Lipinski definition) is 5. The van der Waals surface area contributed by atoms with E-state index in [0.29, 0.717) is 25.9 Å². The van der Waals surface area contributed by atoms with E-state index in [1.54, 1.807) is 34.6 Å². The van der Waals surface area contributed by atoms with Crippen molar-refractivity contribution < 1.29 is 58.8 Å². The molecule has 0 amide bonds. The van der Waals surface area contributed by atoms with Crippen LogP contribution in [0.15, 0.2) is 30.5 Å². The van der Waals surface area contributed by atoms with Crippen LogP contribution in [0, 0.1) is 23.7 Å². The standard InChI is InChI=1S/C53H89N5O12/c1-15-43-53(11,65)46(61)36(7)56(12)28-31(2)26-51(9,64)48(34(5)44(35(6)49(63)69-43)42-27-52(10,66-14)47(62)37(8)68-42)70-50-45(60)41(25-33(4)67-50)57(13)29-38-20-22-39(23-21-38)40-30-58(55-54-40)24-18-16-17-19-32(3)59/h20-23,30-31,33-37,41-48,50,60-62,64-65H,15-19,24-29H2,1-14H3/t31-,33-,34+,35-,36-,37+,41+,42?,43-,44+,45+,46-,47+,48-,50+,51-,52-,53-/m1/s1. The van der Waals surface area contributed by atoms with E-state index in [1.807, 2.05) is 88.8 Å². The number of nitrogens with zero attached hydrogens (tertiary/aromatic N) is 5. The molecule has 17 heteroatoms. The minimum atomic E-state index is -1.81. The molecule has 1 aromatic heterocycles. The van der Waals surface area contributed by atoms with Crippen molar-refractivity contribution in [3.05, 3.63) is 36.0 Å². The maximum absolute atomic E-state index is 14.6. The molecule has 3 aliphatic rings. The van der Waals surface area contributed by atoms with Gasteiger partial charge in [-0.05, 0) is 112 Å². The van der Waals surface area contributed by atoms with Crippen LogP contribution >= 0.6 is 0 Å². The Morgan fingerprint density at radius 2 is 1.63 bits per heavy atom. The van der Waals surface area contributed by atoms with E-state index in [9.17, 15) is 35.1 Å². The first-order chi connectivity index (χ1) is 32.7. The van der Waals surface area contributed by atoms with E-state index in [0.717, 1.165) is 42.6 Å². The second-order valence-electron chi connectivity index (χ2n) is 22.3. The summed E-state index contributed by atoms with van der Waals surface area (Å²) < 4.78 is 34.1. The number of carbonyl (C=O) groups excluding carboxylic acids is 2. The van der Waals surface area contributed by atoms with E-state index < -0.39 is 102 Å². The number of hydrogen-bond acceptors (Lipinski definition) is 16. The largest absolute Gasteiger partial charge is 0.459 e. The number of benzene rings is 1. The fourth-order valence-electron chi connectivity index (χ4n) is 11.8. The SMILES string of the molecule is CC[C@H]1OC(=O)[C@H](C)[C@@H](C2C[C@@](C)(OC)[C@@H](O)[C@H](C)O2)[C@H](C)[C@@H](O[C@@H]2O[C@H](C)C[C@H](N(C)Cc3ccc(-c4cn(CCCCCC(C)=O)nn4)cc3)[C@@H]2O)[C@](C)(O)C[C@@H](C)CN(C)[C@H](C)[C@@H](O)[C@]1(C)O. The molecule has 17 nitrogen and oxygen atoms in total. The summed E-state index contributed by atoms with van der Waals surface area (Å²) in [4.78, 5) is 29.9. The van der Waals surface area contributed by atoms with Crippen molar-refractivity contribution in [3.8, 4) is 11.3 Å². The Labute approximate surface area is 417 Å². The van der Waals surface area contributed by atoms with Crippen LogP contribution in [-0.2, 0) is 46.4 Å². The van der Waals surface area contributed by atoms with E-state index in [2.05, 4.69) is 15.2 Å². The number of cyclic esters (lactones) is 1. The zero-order chi connectivity index (χ0) is 52.0. The second-order valence-corrected chi connectivity index (χ2v) is 22.3. The molecule has 0 saturated carbocycles. The van der Waals surface area contributed by atoms with Crippen molar-refractivity contribution in [2.24, 2.45) is 23.7 Å². The van der Waals surface area contributed by atoms with Crippen LogP contribution < -0.4 is 0 Å². The molecule has 0 radical (unpaired) electrons. The number of unbranched alkanes of at least 4 members (excludes halogenated alkanes) is 2. The van der Waals surface area contributed by atoms with Crippen LogP contribution in [0.25, 0.3) is 11.3 Å². The summed E-state index contributed by atoms with van der Waals surface area (Å²) >= 11 is 0. The third-order valence-electron chi connectivity index (χ3n) is 16.1. The van der Waals surface area contributed by atoms with Crippen molar-refractivity contribution in [1.82, 2.24) is 24.8 Å². The third-order valence-corrected chi connectivity index (χ3v) is 16.1. The number of likely N-dealkylation sites (N-methyl/N-ethyl adjacent to an activating group) is 2. The number of aliphatic hydroxyl groups is 5. The van der Waals surface area contributed by atoms with Crippen LogP contribution in [0.1, 0.15) is 133 Å². The van der Waals surface area contributed by atoms with Crippen molar-refractivity contribution in [3.63, 3.8) is 0 Å². The minimum Gasteiger partial charge on any atom is -0.459 e. The van der Waals surface area contributed by atoms with Gasteiger partial charge in [-0.25, -0.2) is 0 Å². The number of Topliss-reactive ketones (excluding diaryl/α,β-unsaturated/α-hetero) is 1. The Morgan fingerprint density at radius 3 is 2.26 bits per heavy atom. The normalized spacial score (nSPS) is 39.8. The summed E-state index contributed by atoms with van der Waals surface area (Å²) in [6.45, 7) is 21.3. The van der Waals surface area contributed by atoms with E-state index >= 15 is 0 Å². The molecular formula is C53H89N5O12.